The van der Waals surface area contributed by atoms with Crippen LogP contribution in [0, 0.1) is 6.57 Å². The summed E-state index contributed by atoms with van der Waals surface area (Å²) < 4.78 is 4.47. The first kappa shape index (κ1) is 11.8. The van der Waals surface area contributed by atoms with Crippen LogP contribution in [0.4, 0.5) is 0 Å². The molecule has 0 N–H and O–H groups in total. The van der Waals surface area contributed by atoms with Gasteiger partial charge in [0.15, 0.2) is 0 Å². The lowest BCUT2D eigenvalue weighted by atomic mass is 10.2. The van der Waals surface area contributed by atoms with Crippen LogP contribution in [0.3, 0.4) is 0 Å². The molecule has 4 nitrogen and oxygen atoms in total. The summed E-state index contributed by atoms with van der Waals surface area (Å²) in [5, 5.41) is 0. The predicted molar refractivity (Wildman–Crippen MR) is 60.8 cm³/mol. The maximum atomic E-state index is 11.1. The van der Waals surface area contributed by atoms with Crippen LogP contribution in [0.5, 0.6) is 0 Å². The van der Waals surface area contributed by atoms with E-state index in [-0.39, 0.29) is 5.70 Å². The summed E-state index contributed by atoms with van der Waals surface area (Å²) in [5.74, 6) is -0.621. The zero-order chi connectivity index (χ0) is 12.0. The summed E-state index contributed by atoms with van der Waals surface area (Å²) in [6.07, 6.45) is 10.7. The molecule has 0 saturated carbocycles. The fourth-order valence-electron chi connectivity index (χ4n) is 1.13. The van der Waals surface area contributed by atoms with E-state index in [9.17, 15) is 4.79 Å². The van der Waals surface area contributed by atoms with E-state index in [0.29, 0.717) is 0 Å². The first-order chi connectivity index (χ1) is 7.69. The monoisotopic (exact) mass is 216 g/mol. The second-order valence-electron chi connectivity index (χ2n) is 3.06. The minimum atomic E-state index is -0.621. The van der Waals surface area contributed by atoms with Gasteiger partial charge >= 0.3 is 5.97 Å². The highest BCUT2D eigenvalue weighted by Crippen LogP contribution is 2.10. The normalized spacial score (nSPS) is 17.4. The summed E-state index contributed by atoms with van der Waals surface area (Å²) in [5.41, 5.74) is 0.860. The van der Waals surface area contributed by atoms with Crippen molar-refractivity contribution in [2.45, 2.75) is 0 Å². The van der Waals surface area contributed by atoms with Gasteiger partial charge in [0.25, 0.3) is 5.70 Å². The fourth-order valence-corrected chi connectivity index (χ4v) is 1.13. The molecule has 1 rings (SSSR count). The van der Waals surface area contributed by atoms with Gasteiger partial charge in [0.05, 0.1) is 13.7 Å². The third kappa shape index (κ3) is 2.85. The molecule has 0 fully saturated rings. The molecule has 16 heavy (non-hydrogen) atoms. The van der Waals surface area contributed by atoms with Gasteiger partial charge in [-0.3, -0.25) is 4.79 Å². The molecule has 0 aromatic carbocycles. The minimum absolute atomic E-state index is 0.0358. The molecule has 0 amide bonds. The van der Waals surface area contributed by atoms with Gasteiger partial charge in [0, 0.05) is 18.9 Å². The molecule has 0 aromatic rings. The molecule has 0 atom stereocenters. The highest BCUT2D eigenvalue weighted by molar-refractivity contribution is 5.90. The van der Waals surface area contributed by atoms with Gasteiger partial charge < -0.3 is 9.64 Å². The number of likely N-dealkylation sites (N-methyl/N-ethyl adjacent to an activating group) is 1. The standard InChI is InChI=1S/C12H12N2O2/c1-13-11(12(15)16-3)8-7-10-6-4-5-9-14(10)2/h4-9H,2-3H3. The van der Waals surface area contributed by atoms with E-state index in [0.717, 1.165) is 5.70 Å². The van der Waals surface area contributed by atoms with Crippen LogP contribution in [0.15, 0.2) is 48.0 Å². The zero-order valence-electron chi connectivity index (χ0n) is 9.18. The number of hydrogen-bond acceptors (Lipinski definition) is 3. The number of methoxy groups -OCH3 is 1. The Balaban J connectivity index is 2.89. The molecule has 0 radical (unpaired) electrons. The Labute approximate surface area is 94.6 Å². The van der Waals surface area contributed by atoms with E-state index < -0.39 is 5.97 Å². The molecular weight excluding hydrogens is 204 g/mol. The molecule has 82 valence electrons. The number of carbonyl (C=O) groups is 1. The van der Waals surface area contributed by atoms with Gasteiger partial charge in [-0.2, -0.15) is 0 Å². The van der Waals surface area contributed by atoms with Crippen molar-refractivity contribution in [2.75, 3.05) is 14.2 Å². The maximum absolute atomic E-state index is 11.1. The second-order valence-corrected chi connectivity index (χ2v) is 3.06. The number of ether oxygens (including phenoxy) is 1. The van der Waals surface area contributed by atoms with Crippen LogP contribution in [0.1, 0.15) is 0 Å². The van der Waals surface area contributed by atoms with E-state index >= 15 is 0 Å². The number of rotatable bonds is 2. The van der Waals surface area contributed by atoms with Crippen molar-refractivity contribution in [3.63, 3.8) is 0 Å². The SMILES string of the molecule is [C-]#[N+]C(=CC=C1C=CC=CN1C)C(=O)OC. The molecule has 0 saturated heterocycles. The average molecular weight is 216 g/mol. The smallest absolute Gasteiger partial charge is 0.335 e. The Morgan fingerprint density at radius 2 is 2.31 bits per heavy atom. The van der Waals surface area contributed by atoms with Crippen molar-refractivity contribution in [2.24, 2.45) is 0 Å². The molecule has 0 aromatic heterocycles. The van der Waals surface area contributed by atoms with Gasteiger partial charge in [-0.25, -0.2) is 4.85 Å². The molecular formula is C12H12N2O2. The van der Waals surface area contributed by atoms with Gasteiger partial charge in [-0.15, -0.1) is 0 Å². The Morgan fingerprint density at radius 3 is 2.88 bits per heavy atom. The Kier molecular flexibility index (Phi) is 4.10. The Bertz CT molecular complexity index is 436. The van der Waals surface area contributed by atoms with Crippen molar-refractivity contribution < 1.29 is 9.53 Å². The number of nitrogens with zero attached hydrogens (tertiary/aromatic N) is 2. The molecule has 0 aliphatic carbocycles. The first-order valence-corrected chi connectivity index (χ1v) is 4.64. The molecule has 1 aliphatic rings. The molecule has 0 spiro atoms. The topological polar surface area (TPSA) is 33.9 Å². The largest absolute Gasteiger partial charge is 0.474 e. The third-order valence-electron chi connectivity index (χ3n) is 2.02. The van der Waals surface area contributed by atoms with Gasteiger partial charge in [0.1, 0.15) is 0 Å². The van der Waals surface area contributed by atoms with E-state index in [1.54, 1.807) is 6.08 Å². The predicted octanol–water partition coefficient (Wildman–Crippen LogP) is 1.86. The van der Waals surface area contributed by atoms with Crippen molar-refractivity contribution in [3.8, 4) is 0 Å². The van der Waals surface area contributed by atoms with E-state index in [2.05, 4.69) is 9.58 Å². The lowest BCUT2D eigenvalue weighted by molar-refractivity contribution is -0.135. The molecule has 1 heterocycles. The van der Waals surface area contributed by atoms with Crippen molar-refractivity contribution in [3.05, 3.63) is 59.4 Å². The first-order valence-electron chi connectivity index (χ1n) is 4.64. The molecule has 0 bridgehead atoms. The number of hydrogen-bond donors (Lipinski definition) is 0. The van der Waals surface area contributed by atoms with Crippen molar-refractivity contribution in [1.29, 1.82) is 0 Å². The van der Waals surface area contributed by atoms with E-state index in [4.69, 9.17) is 6.57 Å². The number of carbonyl (C=O) groups excluding carboxylic acids is 1. The summed E-state index contributed by atoms with van der Waals surface area (Å²) >= 11 is 0. The van der Waals surface area contributed by atoms with Gasteiger partial charge in [0.2, 0.25) is 0 Å². The second kappa shape index (κ2) is 5.56. The van der Waals surface area contributed by atoms with Crippen molar-refractivity contribution in [1.82, 2.24) is 4.90 Å². The maximum Gasteiger partial charge on any atom is 0.335 e. The molecule has 0 unspecified atom stereocenters. The minimum Gasteiger partial charge on any atom is -0.474 e. The average Bonchev–Trinajstić information content (AvgIpc) is 2.31. The van der Waals surface area contributed by atoms with Crippen molar-refractivity contribution >= 4 is 5.97 Å². The van der Waals surface area contributed by atoms with Crippen LogP contribution in [0.2, 0.25) is 0 Å². The summed E-state index contributed by atoms with van der Waals surface area (Å²) in [4.78, 5) is 16.1. The van der Waals surface area contributed by atoms with Crippen LogP contribution in [-0.4, -0.2) is 25.0 Å². The van der Waals surface area contributed by atoms with Gasteiger partial charge in [-0.05, 0) is 24.3 Å². The van der Waals surface area contributed by atoms with E-state index in [1.165, 1.54) is 13.2 Å². The van der Waals surface area contributed by atoms with Crippen LogP contribution < -0.4 is 0 Å². The lowest BCUT2D eigenvalue weighted by Gasteiger charge is -2.17. The highest BCUT2D eigenvalue weighted by atomic mass is 16.5. The number of allylic oxidation sites excluding steroid dienone is 5. The third-order valence-corrected chi connectivity index (χ3v) is 2.02. The molecule has 4 heteroatoms. The zero-order valence-corrected chi connectivity index (χ0v) is 9.18. The van der Waals surface area contributed by atoms with Gasteiger partial charge in [-0.1, -0.05) is 6.08 Å². The van der Waals surface area contributed by atoms with E-state index in [1.807, 2.05) is 36.4 Å². The van der Waals surface area contributed by atoms with Crippen LogP contribution in [-0.2, 0) is 9.53 Å². The summed E-state index contributed by atoms with van der Waals surface area (Å²) in [6.45, 7) is 6.84. The van der Waals surface area contributed by atoms with Crippen LogP contribution in [0.25, 0.3) is 4.85 Å². The highest BCUT2D eigenvalue weighted by Gasteiger charge is 2.08. The Hall–Kier alpha value is -2.28. The summed E-state index contributed by atoms with van der Waals surface area (Å²) in [7, 11) is 3.14. The summed E-state index contributed by atoms with van der Waals surface area (Å²) in [6, 6.07) is 0. The quantitative estimate of drug-likeness (QED) is 0.401. The molecule has 1 aliphatic heterocycles. The number of esters is 1. The van der Waals surface area contributed by atoms with Crippen LogP contribution >= 0.6 is 0 Å². The Morgan fingerprint density at radius 1 is 1.56 bits per heavy atom. The fraction of sp³-hybridized carbons (Fsp3) is 0.167. The lowest BCUT2D eigenvalue weighted by Crippen LogP contribution is -2.10.